The summed E-state index contributed by atoms with van der Waals surface area (Å²) in [5, 5.41) is 2.88. The van der Waals surface area contributed by atoms with Crippen LogP contribution >= 0.6 is 0 Å². The van der Waals surface area contributed by atoms with Gasteiger partial charge in [-0.25, -0.2) is 4.98 Å². The number of imidazole rings is 1. The van der Waals surface area contributed by atoms with Crippen molar-refractivity contribution in [2.24, 2.45) is 0 Å². The van der Waals surface area contributed by atoms with Crippen molar-refractivity contribution in [3.63, 3.8) is 0 Å². The van der Waals surface area contributed by atoms with Gasteiger partial charge in [0.25, 0.3) is 11.7 Å². The Balaban J connectivity index is 1.31. The van der Waals surface area contributed by atoms with E-state index in [-0.39, 0.29) is 12.5 Å². The molecule has 214 valence electrons. The first-order chi connectivity index (χ1) is 19.6. The number of anilines is 1. The van der Waals surface area contributed by atoms with Gasteiger partial charge in [0.05, 0.1) is 5.69 Å². The lowest BCUT2D eigenvalue weighted by Crippen LogP contribution is -2.20. The van der Waals surface area contributed by atoms with E-state index in [1.807, 2.05) is 49.4 Å². The van der Waals surface area contributed by atoms with Gasteiger partial charge in [0.1, 0.15) is 5.75 Å². The van der Waals surface area contributed by atoms with Crippen LogP contribution < -0.4 is 10.1 Å². The van der Waals surface area contributed by atoms with Crippen LogP contribution in [-0.4, -0.2) is 22.5 Å². The summed E-state index contributed by atoms with van der Waals surface area (Å²) >= 11 is 0. The Morgan fingerprint density at radius 2 is 1.55 bits per heavy atom. The molecule has 2 N–H and O–H groups in total. The third kappa shape index (κ3) is 11.3. The molecule has 40 heavy (non-hydrogen) atoms. The van der Waals surface area contributed by atoms with E-state index in [0.717, 1.165) is 12.0 Å². The van der Waals surface area contributed by atoms with Crippen molar-refractivity contribution in [2.45, 2.75) is 104 Å². The Morgan fingerprint density at radius 1 is 0.900 bits per heavy atom. The summed E-state index contributed by atoms with van der Waals surface area (Å²) in [6, 6.07) is 15.4. The maximum absolute atomic E-state index is 12.5. The normalized spacial score (nSPS) is 10.8. The minimum absolute atomic E-state index is 0.0682. The average molecular weight is 543 g/mol. The van der Waals surface area contributed by atoms with E-state index in [4.69, 9.17) is 11.3 Å². The van der Waals surface area contributed by atoms with Gasteiger partial charge >= 0.3 is 0 Å². The molecule has 1 aromatic heterocycles. The molecule has 0 atom stereocenters. The van der Waals surface area contributed by atoms with Gasteiger partial charge < -0.3 is 14.9 Å². The molecule has 1 heterocycles. The molecule has 0 aliphatic rings. The van der Waals surface area contributed by atoms with Crippen LogP contribution in [0, 0.1) is 13.5 Å². The van der Waals surface area contributed by atoms with E-state index in [1.54, 1.807) is 0 Å². The average Bonchev–Trinajstić information content (AvgIpc) is 3.35. The number of aromatic nitrogens is 2. The number of hydrogen-bond donors (Lipinski definition) is 2. The zero-order valence-electron chi connectivity index (χ0n) is 24.4. The van der Waals surface area contributed by atoms with Gasteiger partial charge in [-0.05, 0) is 48.2 Å². The van der Waals surface area contributed by atoms with Crippen molar-refractivity contribution in [1.82, 2.24) is 9.97 Å². The van der Waals surface area contributed by atoms with Gasteiger partial charge in [-0.15, -0.1) is 0 Å². The van der Waals surface area contributed by atoms with Crippen LogP contribution in [0.5, 0.6) is 5.75 Å². The molecule has 0 spiro atoms. The Labute approximate surface area is 240 Å². The maximum Gasteiger partial charge on any atom is 0.262 e. The molecule has 6 nitrogen and oxygen atoms in total. The number of amides is 1. The fourth-order valence-electron chi connectivity index (χ4n) is 4.99. The Bertz CT molecular complexity index is 1210. The Hall–Kier alpha value is -3.59. The number of carbonyl (C=O) groups is 1. The molecule has 1 amide bonds. The smallest absolute Gasteiger partial charge is 0.262 e. The topological polar surface area (TPSA) is 71.4 Å². The molecule has 2 aromatic carbocycles. The maximum atomic E-state index is 12.5. The van der Waals surface area contributed by atoms with Gasteiger partial charge in [0.15, 0.2) is 12.4 Å². The van der Waals surface area contributed by atoms with Crippen LogP contribution in [0.1, 0.15) is 102 Å². The van der Waals surface area contributed by atoms with E-state index in [9.17, 15) is 4.79 Å². The van der Waals surface area contributed by atoms with Gasteiger partial charge in [-0.1, -0.05) is 115 Å². The van der Waals surface area contributed by atoms with E-state index in [2.05, 4.69) is 33.1 Å². The molecule has 0 fully saturated rings. The number of carbonyl (C=O) groups excluding carboxylic acids is 1. The summed E-state index contributed by atoms with van der Waals surface area (Å²) in [6.07, 6.45) is 18.7. The highest BCUT2D eigenvalue weighted by Crippen LogP contribution is 2.29. The number of nitrogens with one attached hydrogen (secondary N) is 2. The number of H-pyrrole nitrogens is 1. The lowest BCUT2D eigenvalue weighted by Gasteiger charge is -2.10. The Morgan fingerprint density at radius 3 is 2.23 bits per heavy atom. The molecule has 3 rings (SSSR count). The summed E-state index contributed by atoms with van der Waals surface area (Å²) < 4.78 is 5.79. The highest BCUT2D eigenvalue weighted by atomic mass is 16.5. The second-order valence-corrected chi connectivity index (χ2v) is 10.7. The van der Waals surface area contributed by atoms with E-state index >= 15 is 0 Å². The number of ether oxygens (including phenoxy) is 1. The van der Waals surface area contributed by atoms with Gasteiger partial charge in [-0.2, -0.15) is 0 Å². The SMILES string of the molecule is [C-]#[N+]c1[nH]c(C)nc1-c1cccc(NC(=O)COc2cccc(CCCCCCCCCCCCCCC)c2)c1. The second-order valence-electron chi connectivity index (χ2n) is 10.7. The fraction of sp³-hybridized carbons (Fsp3) is 0.500. The van der Waals surface area contributed by atoms with Gasteiger partial charge in [0, 0.05) is 12.6 Å². The molecule has 0 aliphatic carbocycles. The molecule has 0 saturated carbocycles. The summed E-state index contributed by atoms with van der Waals surface area (Å²) in [7, 11) is 0. The van der Waals surface area contributed by atoms with Crippen molar-refractivity contribution in [1.29, 1.82) is 0 Å². The summed E-state index contributed by atoms with van der Waals surface area (Å²) in [5.41, 5.74) is 3.24. The van der Waals surface area contributed by atoms with Crippen LogP contribution in [0.3, 0.4) is 0 Å². The first-order valence-corrected chi connectivity index (χ1v) is 15.1. The quantitative estimate of drug-likeness (QED) is 0.117. The molecule has 0 aliphatic heterocycles. The number of nitrogens with zero attached hydrogens (tertiary/aromatic N) is 2. The molecular weight excluding hydrogens is 496 g/mol. The third-order valence-corrected chi connectivity index (χ3v) is 7.17. The van der Waals surface area contributed by atoms with Crippen LogP contribution in [-0.2, 0) is 11.2 Å². The molecule has 0 bridgehead atoms. The number of aryl methyl sites for hydroxylation is 2. The lowest BCUT2D eigenvalue weighted by atomic mass is 10.0. The summed E-state index contributed by atoms with van der Waals surface area (Å²) in [6.45, 7) is 11.4. The van der Waals surface area contributed by atoms with Crippen molar-refractivity contribution >= 4 is 17.4 Å². The van der Waals surface area contributed by atoms with Crippen LogP contribution in [0.15, 0.2) is 48.5 Å². The first-order valence-electron chi connectivity index (χ1n) is 15.1. The van der Waals surface area contributed by atoms with Gasteiger partial charge in [0.2, 0.25) is 0 Å². The Kier molecular flexibility index (Phi) is 13.8. The minimum atomic E-state index is -0.234. The van der Waals surface area contributed by atoms with E-state index < -0.39 is 0 Å². The highest BCUT2D eigenvalue weighted by Gasteiger charge is 2.12. The van der Waals surface area contributed by atoms with Crippen LogP contribution in [0.4, 0.5) is 11.5 Å². The second kappa shape index (κ2) is 17.9. The standard InChI is InChI=1S/C34H46N4O2/c1-4-5-6-7-8-9-10-11-12-13-14-15-16-19-28-20-17-23-31(24-28)40-26-32(39)38-30-22-18-21-29(25-30)33-34(35-3)37-27(2)36-33/h17-18,20-25H,4-16,19,26H2,1-2H3,(H,36,37)(H,38,39). The molecule has 0 unspecified atom stereocenters. The molecule has 3 aromatic rings. The zero-order chi connectivity index (χ0) is 28.4. The lowest BCUT2D eigenvalue weighted by molar-refractivity contribution is -0.118. The first kappa shape index (κ1) is 30.9. The van der Waals surface area contributed by atoms with Gasteiger partial charge in [-0.3, -0.25) is 9.78 Å². The summed E-state index contributed by atoms with van der Waals surface area (Å²) in [4.78, 5) is 23.4. The highest BCUT2D eigenvalue weighted by molar-refractivity contribution is 5.92. The van der Waals surface area contributed by atoms with E-state index in [0.29, 0.717) is 28.8 Å². The van der Waals surface area contributed by atoms with Crippen molar-refractivity contribution < 1.29 is 9.53 Å². The number of hydrogen-bond acceptors (Lipinski definition) is 3. The predicted octanol–water partition coefficient (Wildman–Crippen LogP) is 9.59. The van der Waals surface area contributed by atoms with Crippen molar-refractivity contribution in [3.8, 4) is 17.0 Å². The fourth-order valence-corrected chi connectivity index (χ4v) is 4.99. The van der Waals surface area contributed by atoms with Crippen LogP contribution in [0.2, 0.25) is 0 Å². The minimum Gasteiger partial charge on any atom is -0.484 e. The van der Waals surface area contributed by atoms with Crippen LogP contribution in [0.25, 0.3) is 16.1 Å². The predicted molar refractivity (Wildman–Crippen MR) is 165 cm³/mol. The number of rotatable bonds is 19. The molecule has 0 saturated heterocycles. The number of benzene rings is 2. The monoisotopic (exact) mass is 542 g/mol. The summed E-state index contributed by atoms with van der Waals surface area (Å²) in [5.74, 6) is 1.55. The molecular formula is C34H46N4O2. The molecule has 6 heteroatoms. The van der Waals surface area contributed by atoms with Crippen molar-refractivity contribution in [3.05, 3.63) is 71.3 Å². The number of aromatic amines is 1. The number of unbranched alkanes of at least 4 members (excludes halogenated alkanes) is 12. The van der Waals surface area contributed by atoms with Crippen molar-refractivity contribution in [2.75, 3.05) is 11.9 Å². The largest absolute Gasteiger partial charge is 0.484 e. The zero-order valence-corrected chi connectivity index (χ0v) is 24.4. The third-order valence-electron chi connectivity index (χ3n) is 7.17. The van der Waals surface area contributed by atoms with E-state index in [1.165, 1.54) is 89.0 Å². The molecule has 0 radical (unpaired) electrons.